The highest BCUT2D eigenvalue weighted by Crippen LogP contribution is 2.35. The quantitative estimate of drug-likeness (QED) is 0.341. The number of amides is 2. The predicted molar refractivity (Wildman–Crippen MR) is 147 cm³/mol. The Kier molecular flexibility index (Phi) is 9.23. The first kappa shape index (κ1) is 26.7. The minimum absolute atomic E-state index is 0.0183. The van der Waals surface area contributed by atoms with Crippen LogP contribution in [-0.2, 0) is 22.4 Å². The predicted octanol–water partition coefficient (Wildman–Crippen LogP) is 5.38. The van der Waals surface area contributed by atoms with Crippen molar-refractivity contribution in [2.75, 3.05) is 33.4 Å². The highest BCUT2D eigenvalue weighted by Gasteiger charge is 2.33. The molecule has 0 aliphatic carbocycles. The van der Waals surface area contributed by atoms with Gasteiger partial charge in [-0.15, -0.1) is 11.3 Å². The minimum Gasteiger partial charge on any atom is -0.493 e. The van der Waals surface area contributed by atoms with Gasteiger partial charge in [0, 0.05) is 18.0 Å². The summed E-state index contributed by atoms with van der Waals surface area (Å²) >= 11 is 1.72. The van der Waals surface area contributed by atoms with E-state index in [4.69, 9.17) is 9.47 Å². The molecule has 6 nitrogen and oxygen atoms in total. The molecule has 2 aromatic carbocycles. The molecule has 1 aliphatic heterocycles. The van der Waals surface area contributed by atoms with Crippen molar-refractivity contribution in [3.8, 4) is 11.5 Å². The van der Waals surface area contributed by atoms with E-state index in [0.29, 0.717) is 43.5 Å². The van der Waals surface area contributed by atoms with Crippen LogP contribution in [0.1, 0.15) is 42.3 Å². The Bertz CT molecular complexity index is 1180. The van der Waals surface area contributed by atoms with Crippen LogP contribution in [0.25, 0.3) is 0 Å². The van der Waals surface area contributed by atoms with Crippen LogP contribution in [0.4, 0.5) is 0 Å². The number of fused-ring (bicyclic) bond motifs is 1. The Morgan fingerprint density at radius 1 is 1.05 bits per heavy atom. The molecular weight excluding hydrogens is 484 g/mol. The van der Waals surface area contributed by atoms with E-state index in [1.165, 1.54) is 4.88 Å². The number of benzene rings is 2. The number of methoxy groups -OCH3 is 1. The maximum atomic E-state index is 13.7. The van der Waals surface area contributed by atoms with Gasteiger partial charge in [0.2, 0.25) is 11.8 Å². The summed E-state index contributed by atoms with van der Waals surface area (Å²) in [6, 6.07) is 19.1. The molecule has 0 saturated heterocycles. The number of rotatable bonds is 11. The zero-order valence-corrected chi connectivity index (χ0v) is 22.7. The minimum atomic E-state index is -0.219. The third-order valence-corrected chi connectivity index (χ3v) is 7.73. The van der Waals surface area contributed by atoms with Gasteiger partial charge in [0.1, 0.15) is 6.61 Å². The van der Waals surface area contributed by atoms with Crippen molar-refractivity contribution in [2.24, 2.45) is 5.92 Å². The number of nitrogens with zero attached hydrogens (tertiary/aromatic N) is 2. The highest BCUT2D eigenvalue weighted by molar-refractivity contribution is 7.10. The van der Waals surface area contributed by atoms with Gasteiger partial charge in [-0.25, -0.2) is 0 Å². The van der Waals surface area contributed by atoms with E-state index in [-0.39, 0.29) is 24.4 Å². The molecule has 0 spiro atoms. The molecule has 37 heavy (non-hydrogen) atoms. The van der Waals surface area contributed by atoms with Crippen LogP contribution in [0.3, 0.4) is 0 Å². The largest absolute Gasteiger partial charge is 0.493 e. The van der Waals surface area contributed by atoms with Gasteiger partial charge in [-0.3, -0.25) is 9.59 Å². The van der Waals surface area contributed by atoms with E-state index in [1.54, 1.807) is 23.3 Å². The third-order valence-electron chi connectivity index (χ3n) is 6.73. The molecule has 2 amide bonds. The van der Waals surface area contributed by atoms with E-state index in [1.807, 2.05) is 59.5 Å². The van der Waals surface area contributed by atoms with Crippen molar-refractivity contribution >= 4 is 23.2 Å². The molecule has 1 aromatic heterocycles. The first-order chi connectivity index (χ1) is 18.0. The topological polar surface area (TPSA) is 59.1 Å². The van der Waals surface area contributed by atoms with Crippen molar-refractivity contribution in [3.05, 3.63) is 82.0 Å². The summed E-state index contributed by atoms with van der Waals surface area (Å²) in [6.45, 7) is 5.83. The zero-order chi connectivity index (χ0) is 26.2. The molecule has 1 aliphatic rings. The summed E-state index contributed by atoms with van der Waals surface area (Å²) in [7, 11) is 1.62. The Balaban J connectivity index is 1.50. The van der Waals surface area contributed by atoms with Gasteiger partial charge >= 0.3 is 0 Å². The third kappa shape index (κ3) is 6.92. The molecule has 2 heterocycles. The van der Waals surface area contributed by atoms with Crippen LogP contribution in [0, 0.1) is 5.92 Å². The van der Waals surface area contributed by atoms with Gasteiger partial charge in [0.25, 0.3) is 0 Å². The van der Waals surface area contributed by atoms with Crippen LogP contribution in [0.5, 0.6) is 11.5 Å². The summed E-state index contributed by atoms with van der Waals surface area (Å²) in [4.78, 5) is 31.9. The molecule has 4 rings (SSSR count). The Hall–Kier alpha value is -3.32. The van der Waals surface area contributed by atoms with Crippen molar-refractivity contribution in [1.29, 1.82) is 0 Å². The molecule has 196 valence electrons. The standard InChI is InChI=1S/C30H36N2O4S/c1-22(2)13-16-31(29(33)19-23-9-5-4-6-10-23)20-30(34)32-17-14-28-24(15-18-37-28)25(32)21-36-27-12-8-7-11-26(27)35-3/h4-12,15,18,22,25H,13-14,16-17,19-21H2,1-3H3/t25-/m1/s1. The van der Waals surface area contributed by atoms with Crippen LogP contribution in [0.2, 0.25) is 0 Å². The van der Waals surface area contributed by atoms with E-state index in [0.717, 1.165) is 24.0 Å². The molecule has 0 radical (unpaired) electrons. The number of carbonyl (C=O) groups is 2. The molecular formula is C30H36N2O4S. The van der Waals surface area contributed by atoms with E-state index in [9.17, 15) is 9.59 Å². The summed E-state index contributed by atoms with van der Waals surface area (Å²) in [5.74, 6) is 1.68. The van der Waals surface area contributed by atoms with Crippen molar-refractivity contribution < 1.29 is 19.1 Å². The fourth-order valence-electron chi connectivity index (χ4n) is 4.62. The van der Waals surface area contributed by atoms with Gasteiger partial charge in [0.05, 0.1) is 26.1 Å². The molecule has 0 fully saturated rings. The Morgan fingerprint density at radius 2 is 1.78 bits per heavy atom. The number of thiophene rings is 1. The molecule has 0 unspecified atom stereocenters. The molecule has 7 heteroatoms. The fraction of sp³-hybridized carbons (Fsp3) is 0.400. The lowest BCUT2D eigenvalue weighted by Crippen LogP contribution is -2.48. The lowest BCUT2D eigenvalue weighted by atomic mass is 10.00. The van der Waals surface area contributed by atoms with Crippen LogP contribution in [-0.4, -0.2) is 55.0 Å². The van der Waals surface area contributed by atoms with Gasteiger partial charge in [-0.2, -0.15) is 0 Å². The lowest BCUT2D eigenvalue weighted by molar-refractivity contribution is -0.142. The van der Waals surface area contributed by atoms with E-state index >= 15 is 0 Å². The average Bonchev–Trinajstić information content (AvgIpc) is 3.39. The number of para-hydroxylation sites is 2. The molecule has 0 bridgehead atoms. The monoisotopic (exact) mass is 520 g/mol. The molecule has 3 aromatic rings. The SMILES string of the molecule is COc1ccccc1OC[C@@H]1c2ccsc2CCN1C(=O)CN(CCC(C)C)C(=O)Cc1ccccc1. The normalized spacial score (nSPS) is 14.8. The van der Waals surface area contributed by atoms with Crippen LogP contribution in [0.15, 0.2) is 66.0 Å². The van der Waals surface area contributed by atoms with E-state index < -0.39 is 0 Å². The summed E-state index contributed by atoms with van der Waals surface area (Å²) in [5.41, 5.74) is 2.09. The van der Waals surface area contributed by atoms with Crippen molar-refractivity contribution in [2.45, 2.75) is 39.2 Å². The van der Waals surface area contributed by atoms with Crippen LogP contribution >= 0.6 is 11.3 Å². The second kappa shape index (κ2) is 12.8. The second-order valence-electron chi connectivity index (χ2n) is 9.77. The summed E-state index contributed by atoms with van der Waals surface area (Å²) in [5, 5.41) is 2.08. The number of carbonyl (C=O) groups excluding carboxylic acids is 2. The van der Waals surface area contributed by atoms with Crippen molar-refractivity contribution in [3.63, 3.8) is 0 Å². The Morgan fingerprint density at radius 3 is 2.51 bits per heavy atom. The maximum absolute atomic E-state index is 13.7. The number of hydrogen-bond acceptors (Lipinski definition) is 5. The van der Waals surface area contributed by atoms with Gasteiger partial charge in [-0.1, -0.05) is 56.3 Å². The molecule has 0 saturated carbocycles. The highest BCUT2D eigenvalue weighted by atomic mass is 32.1. The van der Waals surface area contributed by atoms with Gasteiger partial charge < -0.3 is 19.3 Å². The molecule has 0 N–H and O–H groups in total. The number of ether oxygens (including phenoxy) is 2. The fourth-order valence-corrected chi connectivity index (χ4v) is 5.55. The first-order valence-electron chi connectivity index (χ1n) is 12.9. The second-order valence-corrected chi connectivity index (χ2v) is 10.8. The Labute approximate surface area is 223 Å². The van der Waals surface area contributed by atoms with Crippen molar-refractivity contribution in [1.82, 2.24) is 9.80 Å². The lowest BCUT2D eigenvalue weighted by Gasteiger charge is -2.37. The van der Waals surface area contributed by atoms with Gasteiger partial charge in [-0.05, 0) is 53.5 Å². The summed E-state index contributed by atoms with van der Waals surface area (Å²) in [6.07, 6.45) is 1.96. The summed E-state index contributed by atoms with van der Waals surface area (Å²) < 4.78 is 11.6. The number of hydrogen-bond donors (Lipinski definition) is 0. The molecule has 1 atom stereocenters. The average molecular weight is 521 g/mol. The zero-order valence-electron chi connectivity index (χ0n) is 21.9. The first-order valence-corrected chi connectivity index (χ1v) is 13.8. The van der Waals surface area contributed by atoms with Crippen LogP contribution < -0.4 is 9.47 Å². The maximum Gasteiger partial charge on any atom is 0.242 e. The van der Waals surface area contributed by atoms with Gasteiger partial charge in [0.15, 0.2) is 11.5 Å². The van der Waals surface area contributed by atoms with E-state index in [2.05, 4.69) is 25.3 Å². The smallest absolute Gasteiger partial charge is 0.242 e.